The van der Waals surface area contributed by atoms with Crippen LogP contribution < -0.4 is 56.1 Å². The van der Waals surface area contributed by atoms with Gasteiger partial charge in [0.25, 0.3) is 0 Å². The van der Waals surface area contributed by atoms with Crippen LogP contribution in [0.4, 0.5) is 0 Å². The maximum atomic E-state index is 11.2. The smallest absolute Gasteiger partial charge is 0.747 e. The van der Waals surface area contributed by atoms with Gasteiger partial charge < -0.3 is 19.1 Å². The van der Waals surface area contributed by atoms with Crippen LogP contribution in [-0.4, -0.2) is 27.7 Å². The van der Waals surface area contributed by atoms with E-state index in [9.17, 15) is 17.5 Å². The van der Waals surface area contributed by atoms with Gasteiger partial charge in [-0.05, 0) is 49.1 Å². The summed E-state index contributed by atoms with van der Waals surface area (Å²) < 4.78 is 49.9. The number of para-hydroxylation sites is 1. The first-order valence-electron chi connectivity index (χ1n) is 7.48. The van der Waals surface area contributed by atoms with Crippen LogP contribution in [0.3, 0.4) is 0 Å². The molecular formula is C16H18KO7PS. The predicted octanol–water partition coefficient (Wildman–Crippen LogP) is -0.145. The summed E-state index contributed by atoms with van der Waals surface area (Å²) in [6.45, 7) is 0. The van der Waals surface area contributed by atoms with E-state index in [1.807, 2.05) is 18.2 Å². The van der Waals surface area contributed by atoms with Crippen molar-refractivity contribution in [2.24, 2.45) is 0 Å². The third kappa shape index (κ3) is 7.90. The maximum absolute atomic E-state index is 11.2. The molecule has 2 N–H and O–H groups in total. The van der Waals surface area contributed by atoms with Gasteiger partial charge in [0.15, 0.2) is 4.99 Å². The Balaban J connectivity index is 0.00000338. The molecule has 26 heavy (non-hydrogen) atoms. The third-order valence-electron chi connectivity index (χ3n) is 3.50. The number of hydrogen-bond acceptors (Lipinski definition) is 5. The molecule has 0 aliphatic heterocycles. The number of hydrogen-bond donors (Lipinski definition) is 2. The van der Waals surface area contributed by atoms with Crippen LogP contribution in [0.1, 0.15) is 18.4 Å². The van der Waals surface area contributed by atoms with E-state index in [0.717, 1.165) is 5.56 Å². The first kappa shape index (κ1) is 24.0. The number of aryl methyl sites for hydroxylation is 1. The molecule has 10 heteroatoms. The zero-order chi connectivity index (χ0) is 18.5. The molecule has 7 nitrogen and oxygen atoms in total. The van der Waals surface area contributed by atoms with Crippen molar-refractivity contribution in [3.05, 3.63) is 60.2 Å². The van der Waals surface area contributed by atoms with Crippen LogP contribution in [0.2, 0.25) is 0 Å². The maximum Gasteiger partial charge on any atom is 1.00 e. The van der Waals surface area contributed by atoms with Gasteiger partial charge in [0.1, 0.15) is 21.6 Å². The average Bonchev–Trinajstić information content (AvgIpc) is 2.50. The second-order valence-electron chi connectivity index (χ2n) is 5.49. The fourth-order valence-corrected chi connectivity index (χ4v) is 4.67. The second kappa shape index (κ2) is 10.5. The molecule has 1 unspecified atom stereocenters. The van der Waals surface area contributed by atoms with Gasteiger partial charge >= 0.3 is 59.0 Å². The van der Waals surface area contributed by atoms with Gasteiger partial charge in [-0.15, -0.1) is 0 Å². The van der Waals surface area contributed by atoms with E-state index in [0.29, 0.717) is 17.9 Å². The summed E-state index contributed by atoms with van der Waals surface area (Å²) in [7, 11) is -10.1. The van der Waals surface area contributed by atoms with Gasteiger partial charge in [-0.2, -0.15) is 0 Å². The Bertz CT molecular complexity index is 852. The molecule has 0 aliphatic rings. The second-order valence-corrected chi connectivity index (χ2v) is 9.20. The first-order chi connectivity index (χ1) is 11.7. The molecule has 2 aromatic carbocycles. The predicted molar refractivity (Wildman–Crippen MR) is 91.4 cm³/mol. The summed E-state index contributed by atoms with van der Waals surface area (Å²) in [5, 5.41) is 0. The van der Waals surface area contributed by atoms with Crippen molar-refractivity contribution < 1.29 is 83.4 Å². The molecule has 0 aromatic heterocycles. The van der Waals surface area contributed by atoms with Gasteiger partial charge in [-0.25, -0.2) is 8.42 Å². The Labute approximate surface area is 195 Å². The van der Waals surface area contributed by atoms with E-state index in [2.05, 4.69) is 0 Å². The van der Waals surface area contributed by atoms with E-state index < -0.39 is 29.1 Å². The van der Waals surface area contributed by atoms with Gasteiger partial charge in [-0.3, -0.25) is 4.57 Å². The summed E-state index contributed by atoms with van der Waals surface area (Å²) in [4.78, 5) is 15.9. The summed E-state index contributed by atoms with van der Waals surface area (Å²) in [5.41, 5.74) is 0.807. The topological polar surface area (TPSA) is 124 Å². The summed E-state index contributed by atoms with van der Waals surface area (Å²) in [5.74, 6) is 1.25. The van der Waals surface area contributed by atoms with Gasteiger partial charge in [-0.1, -0.05) is 30.3 Å². The number of benzene rings is 2. The van der Waals surface area contributed by atoms with Gasteiger partial charge in [0.2, 0.25) is 0 Å². The fraction of sp³-hybridized carbons (Fsp3) is 0.250. The van der Waals surface area contributed by atoms with E-state index in [1.54, 1.807) is 36.4 Å². The molecule has 136 valence electrons. The number of rotatable bonds is 8. The standard InChI is InChI=1S/C16H19O7PS.K/c17-24(18,19)16(25(20,21)22)11-5-7-13-6-4-10-15(12-13)23-14-8-2-1-3-9-14;/h1-4,6,8-10,12,16H,5,7,11H2,(H2,17,18,19)(H,20,21,22);/q;+1/p-1. The molecule has 0 heterocycles. The Morgan fingerprint density at radius 1 is 1.04 bits per heavy atom. The molecule has 1 atom stereocenters. The van der Waals surface area contributed by atoms with Crippen LogP contribution in [-0.2, 0) is 21.1 Å². The van der Waals surface area contributed by atoms with Crippen molar-refractivity contribution in [3.8, 4) is 11.5 Å². The Kier molecular flexibility index (Phi) is 9.66. The molecule has 0 radical (unpaired) electrons. The zero-order valence-electron chi connectivity index (χ0n) is 14.2. The SMILES string of the molecule is O=P(O)(O)C(CCCc1cccc(Oc2ccccc2)c1)S(=O)(=O)[O-].[K+]. The van der Waals surface area contributed by atoms with Crippen molar-refractivity contribution in [3.63, 3.8) is 0 Å². The van der Waals surface area contributed by atoms with E-state index in [-0.39, 0.29) is 57.8 Å². The first-order valence-corrected chi connectivity index (χ1v) is 10.6. The molecule has 2 aromatic rings. The summed E-state index contributed by atoms with van der Waals surface area (Å²) in [6.07, 6.45) is 0.101. The van der Waals surface area contributed by atoms with Crippen LogP contribution in [0.15, 0.2) is 54.6 Å². The van der Waals surface area contributed by atoms with Gasteiger partial charge in [0, 0.05) is 0 Å². The zero-order valence-corrected chi connectivity index (χ0v) is 19.0. The van der Waals surface area contributed by atoms with Gasteiger partial charge in [0.05, 0.1) is 0 Å². The quantitative estimate of drug-likeness (QED) is 0.343. The average molecular weight is 424 g/mol. The minimum Gasteiger partial charge on any atom is -0.747 e. The molecule has 0 aliphatic carbocycles. The minimum atomic E-state index is -5.06. The molecule has 0 saturated heterocycles. The molecule has 2 rings (SSSR count). The van der Waals surface area contributed by atoms with Crippen molar-refractivity contribution in [1.29, 1.82) is 0 Å². The van der Waals surface area contributed by atoms with Crippen LogP contribution in [0, 0.1) is 0 Å². The Hall–Kier alpha value is -0.0636. The Morgan fingerprint density at radius 2 is 1.65 bits per heavy atom. The van der Waals surface area contributed by atoms with Crippen LogP contribution in [0.5, 0.6) is 11.5 Å². The molecule has 0 spiro atoms. The van der Waals surface area contributed by atoms with Crippen molar-refractivity contribution in [2.75, 3.05) is 0 Å². The van der Waals surface area contributed by atoms with Crippen molar-refractivity contribution in [1.82, 2.24) is 0 Å². The van der Waals surface area contributed by atoms with Crippen molar-refractivity contribution >= 4 is 17.7 Å². The van der Waals surface area contributed by atoms with Crippen LogP contribution in [0.25, 0.3) is 0 Å². The van der Waals surface area contributed by atoms with Crippen LogP contribution >= 0.6 is 7.60 Å². The molecule has 0 amide bonds. The summed E-state index contributed by atoms with van der Waals surface area (Å²) >= 11 is 0. The molecule has 0 fully saturated rings. The Morgan fingerprint density at radius 3 is 2.23 bits per heavy atom. The normalized spacial score (nSPS) is 12.9. The summed E-state index contributed by atoms with van der Waals surface area (Å²) in [6, 6.07) is 16.2. The van der Waals surface area contributed by atoms with E-state index >= 15 is 0 Å². The van der Waals surface area contributed by atoms with E-state index in [4.69, 9.17) is 14.5 Å². The van der Waals surface area contributed by atoms with E-state index in [1.165, 1.54) is 0 Å². The largest absolute Gasteiger partial charge is 1.00 e. The molecular weight excluding hydrogens is 406 g/mol. The monoisotopic (exact) mass is 424 g/mol. The number of ether oxygens (including phenoxy) is 1. The molecule has 0 saturated carbocycles. The minimum absolute atomic E-state index is 0. The van der Waals surface area contributed by atoms with Crippen molar-refractivity contribution in [2.45, 2.75) is 24.3 Å². The fourth-order valence-electron chi connectivity index (χ4n) is 2.35. The third-order valence-corrected chi connectivity index (χ3v) is 7.01. The molecule has 0 bridgehead atoms.